The predicted octanol–water partition coefficient (Wildman–Crippen LogP) is 3.38. The number of hydrogen-bond donors (Lipinski definition) is 4. The van der Waals surface area contributed by atoms with Crippen molar-refractivity contribution >= 4 is 0 Å². The molecule has 0 bridgehead atoms. The lowest BCUT2D eigenvalue weighted by Crippen LogP contribution is -2.49. The van der Waals surface area contributed by atoms with E-state index in [1.54, 1.807) is 0 Å². The molecule has 1 aromatic rings. The van der Waals surface area contributed by atoms with Gasteiger partial charge in [0.1, 0.15) is 18.0 Å². The van der Waals surface area contributed by atoms with Crippen LogP contribution >= 0.6 is 0 Å². The highest BCUT2D eigenvalue weighted by Crippen LogP contribution is 2.51. The summed E-state index contributed by atoms with van der Waals surface area (Å²) in [4.78, 5) is 0. The van der Waals surface area contributed by atoms with Crippen molar-refractivity contribution in [2.75, 3.05) is 13.1 Å². The summed E-state index contributed by atoms with van der Waals surface area (Å²) in [6.07, 6.45) is 0.623. The summed E-state index contributed by atoms with van der Waals surface area (Å²) in [5.74, 6) is 1.09. The van der Waals surface area contributed by atoms with Crippen LogP contribution in [0.15, 0.2) is 12.1 Å². The fourth-order valence-electron chi connectivity index (χ4n) is 6.22. The summed E-state index contributed by atoms with van der Waals surface area (Å²) >= 11 is 0. The molecule has 4 rings (SSSR count). The molecule has 7 nitrogen and oxygen atoms in total. The lowest BCUT2D eigenvalue weighted by molar-refractivity contribution is -0.216. The molecule has 0 aliphatic carbocycles. The Morgan fingerprint density at radius 3 is 2.16 bits per heavy atom. The highest BCUT2D eigenvalue weighted by molar-refractivity contribution is 5.52. The summed E-state index contributed by atoms with van der Waals surface area (Å²) in [5.41, 5.74) is 1.71. The second-order valence-electron chi connectivity index (χ2n) is 12.2. The van der Waals surface area contributed by atoms with E-state index in [-0.39, 0.29) is 23.1 Å². The molecule has 0 amide bonds. The van der Waals surface area contributed by atoms with Crippen molar-refractivity contribution in [2.24, 2.45) is 5.92 Å². The van der Waals surface area contributed by atoms with Gasteiger partial charge < -0.3 is 25.6 Å². The van der Waals surface area contributed by atoms with Crippen molar-refractivity contribution in [3.63, 3.8) is 0 Å². The van der Waals surface area contributed by atoms with E-state index in [0.29, 0.717) is 13.0 Å². The summed E-state index contributed by atoms with van der Waals surface area (Å²) in [6, 6.07) is 4.18. The summed E-state index contributed by atoms with van der Waals surface area (Å²) in [7, 11) is 0. The molecule has 7 heteroatoms. The summed E-state index contributed by atoms with van der Waals surface area (Å²) in [6.45, 7) is 17.5. The Kier molecular flexibility index (Phi) is 5.52. The van der Waals surface area contributed by atoms with Crippen molar-refractivity contribution in [1.29, 1.82) is 0 Å². The van der Waals surface area contributed by atoms with Crippen LogP contribution in [0.2, 0.25) is 0 Å². The smallest absolute Gasteiger partial charge is 0.130 e. The topological polar surface area (TPSA) is 88.4 Å². The number of aliphatic hydroxyl groups is 1. The average Bonchev–Trinajstić information content (AvgIpc) is 3.23. The SMILES string of the molecule is CC1(C)CC(CNCC(O)C2Cc3cc4c(cc3O2)C(C)(C)N(O)C4(C)C)C(C)(C)N1O. The first-order valence-corrected chi connectivity index (χ1v) is 11.8. The second kappa shape index (κ2) is 7.39. The van der Waals surface area contributed by atoms with Gasteiger partial charge in [0, 0.05) is 24.0 Å². The van der Waals surface area contributed by atoms with Gasteiger partial charge in [-0.2, -0.15) is 10.1 Å². The summed E-state index contributed by atoms with van der Waals surface area (Å²) < 4.78 is 6.17. The molecule has 180 valence electrons. The Labute approximate surface area is 192 Å². The Morgan fingerprint density at radius 1 is 1.00 bits per heavy atom. The normalized spacial score (nSPS) is 30.7. The summed E-state index contributed by atoms with van der Waals surface area (Å²) in [5, 5.41) is 38.4. The first-order valence-electron chi connectivity index (χ1n) is 11.8. The second-order valence-corrected chi connectivity index (χ2v) is 12.2. The molecule has 3 atom stereocenters. The van der Waals surface area contributed by atoms with Gasteiger partial charge in [-0.15, -0.1) is 0 Å². The zero-order valence-electron chi connectivity index (χ0n) is 20.9. The van der Waals surface area contributed by atoms with Gasteiger partial charge in [-0.05, 0) is 103 Å². The quantitative estimate of drug-likeness (QED) is 0.550. The van der Waals surface area contributed by atoms with Gasteiger partial charge in [-0.25, -0.2) is 0 Å². The lowest BCUT2D eigenvalue weighted by Gasteiger charge is -2.36. The standard InChI is InChI=1S/C25H41N3O4/c1-22(2)12-16(23(3,4)27(22)30)13-26-14-19(29)21-10-15-9-17-18(11-20(15)32-21)25(7,8)28(31)24(17,5)6/h9,11,16,19,21,26,29-31H,10,12-14H2,1-8H3. The molecule has 3 heterocycles. The van der Waals surface area contributed by atoms with E-state index in [1.807, 2.05) is 33.8 Å². The molecular weight excluding hydrogens is 406 g/mol. The predicted molar refractivity (Wildman–Crippen MR) is 123 cm³/mol. The molecular formula is C25H41N3O4. The number of nitrogens with one attached hydrogen (secondary N) is 1. The number of hydrogen-bond acceptors (Lipinski definition) is 7. The molecule has 0 saturated carbocycles. The van der Waals surface area contributed by atoms with Gasteiger partial charge in [0.05, 0.1) is 11.1 Å². The molecule has 3 aliphatic heterocycles. The maximum Gasteiger partial charge on any atom is 0.130 e. The van der Waals surface area contributed by atoms with Crippen LogP contribution in [0.4, 0.5) is 0 Å². The van der Waals surface area contributed by atoms with Crippen molar-refractivity contribution in [2.45, 2.75) is 103 Å². The van der Waals surface area contributed by atoms with E-state index in [9.17, 15) is 15.5 Å². The Balaban J connectivity index is 1.39. The van der Waals surface area contributed by atoms with Crippen molar-refractivity contribution in [3.05, 3.63) is 28.8 Å². The molecule has 4 N–H and O–H groups in total. The third-order valence-corrected chi connectivity index (χ3v) is 8.32. The highest BCUT2D eigenvalue weighted by atomic mass is 16.5. The van der Waals surface area contributed by atoms with Crippen LogP contribution in [-0.2, 0) is 17.5 Å². The largest absolute Gasteiger partial charge is 0.487 e. The zero-order chi connectivity index (χ0) is 23.9. The number of fused-ring (bicyclic) bond motifs is 2. The fourth-order valence-corrected chi connectivity index (χ4v) is 6.22. The van der Waals surface area contributed by atoms with Gasteiger partial charge >= 0.3 is 0 Å². The van der Waals surface area contributed by atoms with E-state index >= 15 is 0 Å². The van der Waals surface area contributed by atoms with Crippen LogP contribution in [0.1, 0.15) is 78.5 Å². The van der Waals surface area contributed by atoms with E-state index in [2.05, 4.69) is 39.1 Å². The molecule has 3 unspecified atom stereocenters. The number of benzene rings is 1. The van der Waals surface area contributed by atoms with Crippen molar-refractivity contribution in [3.8, 4) is 5.75 Å². The van der Waals surface area contributed by atoms with E-state index in [1.165, 1.54) is 10.1 Å². The molecule has 0 radical (unpaired) electrons. The van der Waals surface area contributed by atoms with Crippen LogP contribution in [0, 0.1) is 5.92 Å². The Morgan fingerprint density at radius 2 is 1.59 bits per heavy atom. The van der Waals surface area contributed by atoms with E-state index in [4.69, 9.17) is 4.74 Å². The van der Waals surface area contributed by atoms with Crippen LogP contribution in [0.25, 0.3) is 0 Å². The van der Waals surface area contributed by atoms with E-state index in [0.717, 1.165) is 35.4 Å². The molecule has 1 saturated heterocycles. The van der Waals surface area contributed by atoms with Gasteiger partial charge in [0.25, 0.3) is 0 Å². The lowest BCUT2D eigenvalue weighted by atomic mass is 9.87. The molecule has 1 fully saturated rings. The molecule has 3 aliphatic rings. The average molecular weight is 448 g/mol. The molecule has 1 aromatic carbocycles. The minimum atomic E-state index is -0.629. The maximum atomic E-state index is 10.8. The third kappa shape index (κ3) is 3.49. The number of aliphatic hydroxyl groups excluding tert-OH is 1. The number of ether oxygens (including phenoxy) is 1. The van der Waals surface area contributed by atoms with Crippen molar-refractivity contribution in [1.82, 2.24) is 15.4 Å². The van der Waals surface area contributed by atoms with Gasteiger partial charge in [-0.3, -0.25) is 0 Å². The number of nitrogens with zero attached hydrogens (tertiary/aromatic N) is 2. The monoisotopic (exact) mass is 447 g/mol. The minimum absolute atomic E-state index is 0.253. The van der Waals surface area contributed by atoms with Crippen LogP contribution in [-0.4, -0.2) is 62.0 Å². The van der Waals surface area contributed by atoms with E-state index < -0.39 is 17.2 Å². The van der Waals surface area contributed by atoms with Crippen LogP contribution in [0.5, 0.6) is 5.75 Å². The van der Waals surface area contributed by atoms with Crippen LogP contribution < -0.4 is 10.1 Å². The first kappa shape index (κ1) is 23.9. The Hall–Kier alpha value is -1.22. The Bertz CT molecular complexity index is 850. The van der Waals surface area contributed by atoms with Gasteiger partial charge in [0.2, 0.25) is 0 Å². The highest BCUT2D eigenvalue weighted by Gasteiger charge is 2.51. The fraction of sp³-hybridized carbons (Fsp3) is 0.760. The number of rotatable bonds is 5. The van der Waals surface area contributed by atoms with Crippen LogP contribution in [0.3, 0.4) is 0 Å². The zero-order valence-corrected chi connectivity index (χ0v) is 20.9. The molecule has 0 aromatic heterocycles. The van der Waals surface area contributed by atoms with Crippen molar-refractivity contribution < 1.29 is 20.3 Å². The first-order chi connectivity index (χ1) is 14.6. The maximum absolute atomic E-state index is 10.8. The number of hydroxylamine groups is 4. The van der Waals surface area contributed by atoms with Gasteiger partial charge in [-0.1, -0.05) is 0 Å². The molecule has 0 spiro atoms. The van der Waals surface area contributed by atoms with Gasteiger partial charge in [0.15, 0.2) is 0 Å². The third-order valence-electron chi connectivity index (χ3n) is 8.32. The molecule has 32 heavy (non-hydrogen) atoms. The minimum Gasteiger partial charge on any atom is -0.487 e.